The second-order valence-corrected chi connectivity index (χ2v) is 6.51. The van der Waals surface area contributed by atoms with Gasteiger partial charge >= 0.3 is 5.97 Å². The molecule has 1 amide bonds. The van der Waals surface area contributed by atoms with Crippen molar-refractivity contribution in [1.82, 2.24) is 9.63 Å². The van der Waals surface area contributed by atoms with Crippen molar-refractivity contribution in [2.45, 2.75) is 25.8 Å². The fraction of sp³-hybridized carbons (Fsp3) is 0.389. The van der Waals surface area contributed by atoms with E-state index in [0.29, 0.717) is 18.0 Å². The predicted octanol–water partition coefficient (Wildman–Crippen LogP) is 1.09. The molecule has 0 bridgehead atoms. The average Bonchev–Trinajstić information content (AvgIpc) is 3.44. The molecule has 26 heavy (non-hydrogen) atoms. The van der Waals surface area contributed by atoms with Crippen LogP contribution in [0.5, 0.6) is 5.75 Å². The first-order chi connectivity index (χ1) is 12.3. The first-order valence-corrected chi connectivity index (χ1v) is 8.33. The van der Waals surface area contributed by atoms with Crippen LogP contribution in [-0.2, 0) is 4.79 Å². The topological polar surface area (TPSA) is 109 Å². The molecule has 0 radical (unpaired) electrons. The normalized spacial score (nSPS) is 14.8. The molecule has 1 aliphatic carbocycles. The van der Waals surface area contributed by atoms with Crippen molar-refractivity contribution in [3.8, 4) is 5.75 Å². The summed E-state index contributed by atoms with van der Waals surface area (Å²) in [6.07, 6.45) is 2.05. The first-order valence-electron chi connectivity index (χ1n) is 8.33. The number of carboxylic acids is 1. The molecule has 2 aromatic rings. The molecule has 1 fully saturated rings. The zero-order valence-corrected chi connectivity index (χ0v) is 14.5. The fourth-order valence-corrected chi connectivity index (χ4v) is 2.60. The predicted molar refractivity (Wildman–Crippen MR) is 93.2 cm³/mol. The molecule has 1 aromatic heterocycles. The maximum absolute atomic E-state index is 12.9. The van der Waals surface area contributed by atoms with E-state index in [4.69, 9.17) is 9.94 Å². The molecule has 0 unspecified atom stereocenters. The summed E-state index contributed by atoms with van der Waals surface area (Å²) < 4.78 is 1.01. The van der Waals surface area contributed by atoms with Gasteiger partial charge in [-0.25, -0.2) is 4.79 Å². The summed E-state index contributed by atoms with van der Waals surface area (Å²) in [6, 6.07) is 5.38. The maximum Gasteiger partial charge on any atom is 0.326 e. The van der Waals surface area contributed by atoms with Crippen molar-refractivity contribution in [3.05, 3.63) is 40.2 Å². The molecule has 8 heteroatoms. The summed E-state index contributed by atoms with van der Waals surface area (Å²) in [7, 11) is 1.27. The van der Waals surface area contributed by atoms with Gasteiger partial charge in [0.25, 0.3) is 11.5 Å². The van der Waals surface area contributed by atoms with Crippen LogP contribution in [0.25, 0.3) is 10.9 Å². The Labute approximate surface area is 149 Å². The number of nitrogens with zero attached hydrogens (tertiary/aromatic N) is 2. The number of rotatable bonds is 6. The number of hydrogen-bond acceptors (Lipinski definition) is 5. The highest BCUT2D eigenvalue weighted by molar-refractivity contribution is 6.03. The van der Waals surface area contributed by atoms with Crippen LogP contribution in [0.3, 0.4) is 0 Å². The minimum Gasteiger partial charge on any atom is -0.506 e. The van der Waals surface area contributed by atoms with Crippen molar-refractivity contribution < 1.29 is 24.6 Å². The van der Waals surface area contributed by atoms with E-state index >= 15 is 0 Å². The van der Waals surface area contributed by atoms with Crippen molar-refractivity contribution in [1.29, 1.82) is 0 Å². The van der Waals surface area contributed by atoms with Gasteiger partial charge in [0.2, 0.25) is 0 Å². The summed E-state index contributed by atoms with van der Waals surface area (Å²) in [4.78, 5) is 43.2. The van der Waals surface area contributed by atoms with E-state index in [9.17, 15) is 19.5 Å². The van der Waals surface area contributed by atoms with E-state index < -0.39 is 34.8 Å². The molecular weight excluding hydrogens is 340 g/mol. The van der Waals surface area contributed by atoms with Crippen molar-refractivity contribution in [2.75, 3.05) is 13.7 Å². The van der Waals surface area contributed by atoms with Gasteiger partial charge < -0.3 is 20.0 Å². The van der Waals surface area contributed by atoms with Crippen molar-refractivity contribution in [2.24, 2.45) is 5.92 Å². The molecule has 1 aromatic carbocycles. The number of hydrogen-bond donors (Lipinski definition) is 2. The molecule has 1 aliphatic rings. The van der Waals surface area contributed by atoms with Gasteiger partial charge in [0, 0.05) is 12.4 Å². The smallest absolute Gasteiger partial charge is 0.326 e. The van der Waals surface area contributed by atoms with Gasteiger partial charge in [0.05, 0.1) is 5.52 Å². The Hall–Kier alpha value is -3.03. The van der Waals surface area contributed by atoms with Gasteiger partial charge in [-0.1, -0.05) is 12.1 Å². The highest BCUT2D eigenvalue weighted by Crippen LogP contribution is 2.29. The van der Waals surface area contributed by atoms with Crippen LogP contribution in [0.2, 0.25) is 0 Å². The summed E-state index contributed by atoms with van der Waals surface area (Å²) in [5.74, 6) is -2.20. The molecule has 0 saturated heterocycles. The number of benzene rings is 1. The van der Waals surface area contributed by atoms with Crippen LogP contribution >= 0.6 is 0 Å². The van der Waals surface area contributed by atoms with Crippen LogP contribution < -0.4 is 10.4 Å². The minimum atomic E-state index is -1.22. The van der Waals surface area contributed by atoms with Crippen molar-refractivity contribution in [3.63, 3.8) is 0 Å². The van der Waals surface area contributed by atoms with Gasteiger partial charge in [0.1, 0.15) is 18.4 Å². The molecule has 138 valence electrons. The number of fused-ring (bicyclic) bond motifs is 1. The fourth-order valence-electron chi connectivity index (χ4n) is 2.60. The Morgan fingerprint density at radius 1 is 1.35 bits per heavy atom. The van der Waals surface area contributed by atoms with E-state index in [1.807, 2.05) is 0 Å². The third kappa shape index (κ3) is 3.10. The Morgan fingerprint density at radius 2 is 2.00 bits per heavy atom. The van der Waals surface area contributed by atoms with Gasteiger partial charge in [-0.3, -0.25) is 9.59 Å². The number of aliphatic carboxylic acids is 1. The van der Waals surface area contributed by atoms with Crippen LogP contribution in [0.15, 0.2) is 29.1 Å². The largest absolute Gasteiger partial charge is 0.506 e. The first kappa shape index (κ1) is 17.8. The van der Waals surface area contributed by atoms with Gasteiger partial charge in [0.15, 0.2) is 5.56 Å². The molecule has 0 aliphatic heterocycles. The number of carbonyl (C=O) groups excluding carboxylic acids is 1. The Bertz CT molecular complexity index is 931. The highest BCUT2D eigenvalue weighted by Gasteiger charge is 2.30. The average molecular weight is 360 g/mol. The summed E-state index contributed by atoms with van der Waals surface area (Å²) in [5.41, 5.74) is -0.965. The summed E-state index contributed by atoms with van der Waals surface area (Å²) in [6.45, 7) is 1.66. The van der Waals surface area contributed by atoms with Gasteiger partial charge in [-0.05, 0) is 37.8 Å². The summed E-state index contributed by atoms with van der Waals surface area (Å²) >= 11 is 0. The third-order valence-corrected chi connectivity index (χ3v) is 4.62. The quantitative estimate of drug-likeness (QED) is 0.798. The van der Waals surface area contributed by atoms with Crippen LogP contribution in [0.1, 0.15) is 30.1 Å². The van der Waals surface area contributed by atoms with Gasteiger partial charge in [-0.15, -0.1) is 4.73 Å². The number of aromatic hydroxyl groups is 1. The number of aromatic nitrogens is 1. The van der Waals surface area contributed by atoms with E-state index in [1.165, 1.54) is 14.0 Å². The van der Waals surface area contributed by atoms with Gasteiger partial charge in [-0.2, -0.15) is 0 Å². The Balaban J connectivity index is 2.13. The Kier molecular flexibility index (Phi) is 4.58. The molecule has 1 heterocycles. The molecule has 3 rings (SSSR count). The molecule has 0 spiro atoms. The number of pyridine rings is 1. The maximum atomic E-state index is 12.9. The third-order valence-electron chi connectivity index (χ3n) is 4.62. The minimum absolute atomic E-state index is 0.280. The highest BCUT2D eigenvalue weighted by atomic mass is 16.7. The lowest BCUT2D eigenvalue weighted by Gasteiger charge is -2.22. The lowest BCUT2D eigenvalue weighted by molar-refractivity contribution is -0.141. The lowest BCUT2D eigenvalue weighted by atomic mass is 10.1. The zero-order valence-electron chi connectivity index (χ0n) is 14.5. The molecule has 1 atom stereocenters. The van der Waals surface area contributed by atoms with E-state index in [1.54, 1.807) is 24.3 Å². The van der Waals surface area contributed by atoms with Crippen LogP contribution in [-0.4, -0.2) is 51.4 Å². The van der Waals surface area contributed by atoms with Crippen molar-refractivity contribution >= 4 is 22.8 Å². The molecule has 2 N–H and O–H groups in total. The number of para-hydroxylation sites is 1. The summed E-state index contributed by atoms with van der Waals surface area (Å²) in [5, 5.41) is 19.9. The number of carboxylic acid groups (broad SMARTS) is 1. The van der Waals surface area contributed by atoms with E-state index in [0.717, 1.165) is 22.5 Å². The van der Waals surface area contributed by atoms with Crippen LogP contribution in [0, 0.1) is 5.92 Å². The van der Waals surface area contributed by atoms with E-state index in [-0.39, 0.29) is 5.39 Å². The zero-order chi connectivity index (χ0) is 19.0. The SMILES string of the molecule is C[C@@H](C(=O)O)N(C)C(=O)c1c(O)c2ccccc2n(OCC2CC2)c1=O. The van der Waals surface area contributed by atoms with Crippen LogP contribution in [0.4, 0.5) is 0 Å². The Morgan fingerprint density at radius 3 is 2.62 bits per heavy atom. The molecule has 8 nitrogen and oxygen atoms in total. The second-order valence-electron chi connectivity index (χ2n) is 6.51. The molecular formula is C18H20N2O6. The lowest BCUT2D eigenvalue weighted by Crippen LogP contribution is -2.43. The second kappa shape index (κ2) is 6.70. The number of carbonyl (C=O) groups is 2. The number of likely N-dealkylation sites (N-methyl/N-ethyl adjacent to an activating group) is 1. The molecule has 1 saturated carbocycles. The monoisotopic (exact) mass is 360 g/mol. The number of amides is 1. The standard InChI is InChI=1S/C18H20N2O6/c1-10(18(24)25)19(2)16(22)14-15(21)12-5-3-4-6-13(12)20(17(14)23)26-9-11-7-8-11/h3-6,10-11,21H,7-9H2,1-2H3,(H,24,25)/t10-/m0/s1. The van der Waals surface area contributed by atoms with E-state index in [2.05, 4.69) is 0 Å².